The lowest BCUT2D eigenvalue weighted by molar-refractivity contribution is -0.166. The molecule has 4 rings (SSSR count). The fourth-order valence-electron chi connectivity index (χ4n) is 5.49. The third kappa shape index (κ3) is 5.62. The first-order chi connectivity index (χ1) is 17.3. The average molecular weight is 503 g/mol. The van der Waals surface area contributed by atoms with Crippen LogP contribution in [0.25, 0.3) is 6.08 Å². The van der Waals surface area contributed by atoms with Crippen LogP contribution in [0.4, 0.5) is 0 Å². The summed E-state index contributed by atoms with van der Waals surface area (Å²) >= 11 is 0. The van der Waals surface area contributed by atoms with Crippen LogP contribution in [0.2, 0.25) is 0 Å². The summed E-state index contributed by atoms with van der Waals surface area (Å²) < 4.78 is 34.8. The quantitative estimate of drug-likeness (QED) is 0.212. The van der Waals surface area contributed by atoms with Crippen molar-refractivity contribution in [1.29, 1.82) is 0 Å². The third-order valence-corrected chi connectivity index (χ3v) is 7.45. The molecule has 2 saturated heterocycles. The van der Waals surface area contributed by atoms with Crippen LogP contribution in [0.3, 0.4) is 0 Å². The van der Waals surface area contributed by atoms with E-state index in [9.17, 15) is 4.79 Å². The van der Waals surface area contributed by atoms with Crippen LogP contribution in [-0.2, 0) is 23.7 Å². The smallest absolute Gasteiger partial charge is 0.331 e. The Morgan fingerprint density at radius 3 is 2.67 bits per heavy atom. The van der Waals surface area contributed by atoms with Crippen molar-refractivity contribution in [2.24, 2.45) is 5.92 Å². The zero-order valence-electron chi connectivity index (χ0n) is 21.8. The van der Waals surface area contributed by atoms with Gasteiger partial charge in [-0.1, -0.05) is 17.7 Å². The first kappa shape index (κ1) is 26.7. The van der Waals surface area contributed by atoms with E-state index in [-0.39, 0.29) is 48.6 Å². The summed E-state index contributed by atoms with van der Waals surface area (Å²) in [4.78, 5) is 12.8. The minimum Gasteiger partial charge on any atom is -0.493 e. The third-order valence-electron chi connectivity index (χ3n) is 7.45. The van der Waals surface area contributed by atoms with Gasteiger partial charge in [0.25, 0.3) is 0 Å². The van der Waals surface area contributed by atoms with E-state index in [4.69, 9.17) is 33.5 Å². The van der Waals surface area contributed by atoms with Crippen LogP contribution in [0.1, 0.15) is 45.6 Å². The molecule has 3 aliphatic rings. The van der Waals surface area contributed by atoms with Gasteiger partial charge in [-0.2, -0.15) is 0 Å². The number of aliphatic hydroxyl groups excluding tert-OH is 1. The molecule has 36 heavy (non-hydrogen) atoms. The minimum absolute atomic E-state index is 0.0168. The van der Waals surface area contributed by atoms with Crippen molar-refractivity contribution >= 4 is 12.0 Å². The molecule has 198 valence electrons. The fourth-order valence-corrected chi connectivity index (χ4v) is 5.49. The Labute approximate surface area is 213 Å². The molecule has 2 aliphatic heterocycles. The Balaban J connectivity index is 1.42. The number of allylic oxidation sites excluding steroid dienone is 1. The average Bonchev–Trinajstić information content (AvgIpc) is 3.78. The highest BCUT2D eigenvalue weighted by molar-refractivity contribution is 5.87. The molecule has 8 heteroatoms. The van der Waals surface area contributed by atoms with Gasteiger partial charge in [0.05, 0.1) is 32.3 Å². The molecule has 1 aromatic rings. The highest BCUT2D eigenvalue weighted by Gasteiger charge is 2.72. The molecule has 0 bridgehead atoms. The highest BCUT2D eigenvalue weighted by Crippen LogP contribution is 2.59. The molecule has 1 saturated carbocycles. The number of hydrogen-bond acceptors (Lipinski definition) is 8. The van der Waals surface area contributed by atoms with Gasteiger partial charge in [0.2, 0.25) is 0 Å². The molecule has 0 unspecified atom stereocenters. The fraction of sp³-hybridized carbons (Fsp3) is 0.607. The summed E-state index contributed by atoms with van der Waals surface area (Å²) in [5.74, 6) is 0.591. The second-order valence-corrected chi connectivity index (χ2v) is 10.2. The zero-order chi connectivity index (χ0) is 25.9. The molecular formula is C28H38O8. The van der Waals surface area contributed by atoms with Crippen molar-refractivity contribution in [3.8, 4) is 11.5 Å². The van der Waals surface area contributed by atoms with Gasteiger partial charge in [0.1, 0.15) is 30.0 Å². The van der Waals surface area contributed by atoms with Crippen molar-refractivity contribution in [3.05, 3.63) is 41.5 Å². The Hall–Kier alpha value is -2.39. The molecule has 6 atom stereocenters. The van der Waals surface area contributed by atoms with Gasteiger partial charge in [-0.15, -0.1) is 0 Å². The molecular weight excluding hydrogens is 464 g/mol. The summed E-state index contributed by atoms with van der Waals surface area (Å²) in [5.41, 5.74) is 1.39. The van der Waals surface area contributed by atoms with Crippen molar-refractivity contribution < 1.29 is 38.3 Å². The molecule has 2 heterocycles. The Morgan fingerprint density at radius 1 is 1.25 bits per heavy atom. The molecule has 1 N–H and O–H groups in total. The van der Waals surface area contributed by atoms with Gasteiger partial charge < -0.3 is 33.5 Å². The molecule has 3 fully saturated rings. The lowest BCUT2D eigenvalue weighted by atomic mass is 9.68. The van der Waals surface area contributed by atoms with E-state index in [2.05, 4.69) is 26.8 Å². The Kier molecular flexibility index (Phi) is 8.09. The summed E-state index contributed by atoms with van der Waals surface area (Å²) in [6.45, 7) is 7.07. The van der Waals surface area contributed by atoms with Crippen LogP contribution in [0.5, 0.6) is 11.5 Å². The van der Waals surface area contributed by atoms with Gasteiger partial charge in [-0.3, -0.25) is 0 Å². The van der Waals surface area contributed by atoms with Crippen LogP contribution in [0.15, 0.2) is 35.9 Å². The van der Waals surface area contributed by atoms with Crippen LogP contribution in [-0.4, -0.2) is 74.6 Å². The molecule has 0 amide bonds. The molecule has 1 spiro atoms. The van der Waals surface area contributed by atoms with Crippen molar-refractivity contribution in [3.63, 3.8) is 0 Å². The highest BCUT2D eigenvalue weighted by atomic mass is 16.6. The van der Waals surface area contributed by atoms with E-state index < -0.39 is 5.97 Å². The summed E-state index contributed by atoms with van der Waals surface area (Å²) in [5, 5.41) is 8.96. The van der Waals surface area contributed by atoms with Crippen molar-refractivity contribution in [2.45, 2.75) is 69.5 Å². The number of ether oxygens (including phenoxy) is 6. The maximum Gasteiger partial charge on any atom is 0.331 e. The largest absolute Gasteiger partial charge is 0.493 e. The number of aliphatic hydroxyl groups is 1. The lowest BCUT2D eigenvalue weighted by Crippen LogP contribution is -2.55. The molecule has 1 aliphatic carbocycles. The van der Waals surface area contributed by atoms with Crippen LogP contribution < -0.4 is 9.47 Å². The summed E-state index contributed by atoms with van der Waals surface area (Å²) in [6, 6.07) is 5.31. The Morgan fingerprint density at radius 2 is 2.03 bits per heavy atom. The normalized spacial score (nSPS) is 32.8. The number of esters is 1. The maximum absolute atomic E-state index is 12.8. The first-order valence-electron chi connectivity index (χ1n) is 12.5. The number of rotatable bonds is 11. The minimum atomic E-state index is -0.434. The predicted molar refractivity (Wildman–Crippen MR) is 134 cm³/mol. The summed E-state index contributed by atoms with van der Waals surface area (Å²) in [6.07, 6.45) is 7.01. The van der Waals surface area contributed by atoms with Gasteiger partial charge >= 0.3 is 5.97 Å². The van der Waals surface area contributed by atoms with Crippen molar-refractivity contribution in [1.82, 2.24) is 0 Å². The lowest BCUT2D eigenvalue weighted by Gasteiger charge is -2.42. The molecule has 0 radical (unpaired) electrons. The zero-order valence-corrected chi connectivity index (χ0v) is 21.8. The van der Waals surface area contributed by atoms with E-state index in [1.807, 2.05) is 0 Å². The monoisotopic (exact) mass is 502 g/mol. The van der Waals surface area contributed by atoms with Crippen molar-refractivity contribution in [2.75, 3.05) is 34.0 Å². The topological polar surface area (TPSA) is 99.3 Å². The van der Waals surface area contributed by atoms with Gasteiger partial charge in [-0.05, 0) is 63.8 Å². The molecule has 8 nitrogen and oxygen atoms in total. The van der Waals surface area contributed by atoms with Crippen LogP contribution in [0, 0.1) is 5.92 Å². The maximum atomic E-state index is 12.8. The number of hydrogen-bond donors (Lipinski definition) is 1. The van der Waals surface area contributed by atoms with E-state index >= 15 is 0 Å². The number of carbonyl (C=O) groups is 1. The number of carbonyl (C=O) groups excluding carboxylic acids is 1. The van der Waals surface area contributed by atoms with Gasteiger partial charge in [0, 0.05) is 13.2 Å². The van der Waals surface area contributed by atoms with Gasteiger partial charge in [0.15, 0.2) is 11.5 Å². The van der Waals surface area contributed by atoms with E-state index in [0.717, 1.165) is 18.4 Å². The first-order valence-corrected chi connectivity index (χ1v) is 12.5. The van der Waals surface area contributed by atoms with E-state index in [1.54, 1.807) is 31.4 Å². The predicted octanol–water partition coefficient (Wildman–Crippen LogP) is 3.70. The SMILES string of the molecule is COc1cc(/C=C/C(=O)O[C@@H]2CC[C@]3(CO3)[C@@H]([C@]3(C)O[C@H]3CC=C(C)C)[C@@H]2OC)ccc1OCCO. The second-order valence-electron chi connectivity index (χ2n) is 10.2. The van der Waals surface area contributed by atoms with E-state index in [0.29, 0.717) is 24.5 Å². The molecule has 1 aromatic carbocycles. The molecule has 0 aromatic heterocycles. The number of epoxide rings is 2. The second kappa shape index (κ2) is 10.9. The Bertz CT molecular complexity index is 993. The number of methoxy groups -OCH3 is 2. The van der Waals surface area contributed by atoms with Crippen LogP contribution >= 0.6 is 0 Å². The summed E-state index contributed by atoms with van der Waals surface area (Å²) in [7, 11) is 3.21. The standard InChI is InChI=1S/C28H38O8/c1-18(2)6-10-23-27(3,36-23)26-25(32-5)21(12-13-28(26)17-34-28)35-24(30)11-8-19-7-9-20(33-15-14-29)22(16-19)31-4/h6-9,11,16,21,23,25-26,29H,10,12-15,17H2,1-5H3/b11-8+/t21-,23+,25-,26-,27-,28+/m1/s1. The number of benzene rings is 1. The van der Waals surface area contributed by atoms with E-state index in [1.165, 1.54) is 18.8 Å². The van der Waals surface area contributed by atoms with Gasteiger partial charge in [-0.25, -0.2) is 4.79 Å².